The number of nitrogens with two attached hydrogens (primary N) is 1. The van der Waals surface area contributed by atoms with Gasteiger partial charge in [-0.15, -0.1) is 0 Å². The second-order valence-corrected chi connectivity index (χ2v) is 6.66. The van der Waals surface area contributed by atoms with Crippen molar-refractivity contribution >= 4 is 29.1 Å². The summed E-state index contributed by atoms with van der Waals surface area (Å²) in [5.74, 6) is -0.000864. The molecule has 21 heavy (non-hydrogen) atoms. The van der Waals surface area contributed by atoms with E-state index in [1.165, 1.54) is 12.0 Å². The molecule has 1 saturated heterocycles. The first-order valence-corrected chi connectivity index (χ1v) is 7.17. The highest BCUT2D eigenvalue weighted by Gasteiger charge is 2.44. The third kappa shape index (κ3) is 3.36. The van der Waals surface area contributed by atoms with Gasteiger partial charge in [-0.2, -0.15) is 0 Å². The molecule has 5 nitrogen and oxygen atoms in total. The van der Waals surface area contributed by atoms with E-state index in [1.807, 2.05) is 26.1 Å². The number of amides is 2. The van der Waals surface area contributed by atoms with Gasteiger partial charge in [-0.1, -0.05) is 11.6 Å². The van der Waals surface area contributed by atoms with Crippen LogP contribution in [0.5, 0.6) is 5.75 Å². The summed E-state index contributed by atoms with van der Waals surface area (Å²) < 4.78 is 5.23. The number of ether oxygens (including phenoxy) is 1. The molecule has 1 atom stereocenters. The summed E-state index contributed by atoms with van der Waals surface area (Å²) in [6.07, 6.45) is 0.186. The maximum Gasteiger partial charge on any atom is 0.292 e. The SMILES string of the molecule is COc1ccc(Cl)cc1N1C(=O)C[C@@H]([NH2+]C(C)(C)C)C1=O. The molecule has 6 heteroatoms. The third-order valence-corrected chi connectivity index (χ3v) is 3.50. The summed E-state index contributed by atoms with van der Waals surface area (Å²) in [4.78, 5) is 26.0. The molecule has 2 amide bonds. The highest BCUT2D eigenvalue weighted by molar-refractivity contribution is 6.31. The zero-order valence-corrected chi connectivity index (χ0v) is 13.4. The maximum atomic E-state index is 12.5. The molecule has 1 aromatic carbocycles. The monoisotopic (exact) mass is 311 g/mol. The number of nitrogens with zero attached hydrogens (tertiary/aromatic N) is 1. The normalized spacial score (nSPS) is 19.3. The van der Waals surface area contributed by atoms with Gasteiger partial charge in [0.1, 0.15) is 5.75 Å². The first-order chi connectivity index (χ1) is 9.73. The van der Waals surface area contributed by atoms with Crippen molar-refractivity contribution in [3.63, 3.8) is 0 Å². The fourth-order valence-electron chi connectivity index (χ4n) is 2.48. The molecule has 1 aliphatic heterocycles. The van der Waals surface area contributed by atoms with Crippen LogP contribution in [0.1, 0.15) is 27.2 Å². The van der Waals surface area contributed by atoms with Crippen molar-refractivity contribution in [1.82, 2.24) is 0 Å². The molecule has 1 aliphatic rings. The molecule has 114 valence electrons. The van der Waals surface area contributed by atoms with Crippen molar-refractivity contribution in [2.45, 2.75) is 38.8 Å². The molecule has 2 N–H and O–H groups in total. The minimum Gasteiger partial charge on any atom is -0.495 e. The molecular formula is C15H20ClN2O3+. The van der Waals surface area contributed by atoms with Gasteiger partial charge in [0.2, 0.25) is 5.91 Å². The van der Waals surface area contributed by atoms with E-state index >= 15 is 0 Å². The molecule has 0 spiro atoms. The lowest BCUT2D eigenvalue weighted by Crippen LogP contribution is -3.00. The molecule has 0 unspecified atom stereocenters. The maximum absolute atomic E-state index is 12.5. The van der Waals surface area contributed by atoms with E-state index in [-0.39, 0.29) is 23.8 Å². The molecular weight excluding hydrogens is 292 g/mol. The number of quaternary nitrogens is 1. The van der Waals surface area contributed by atoms with Crippen LogP contribution in [0, 0.1) is 0 Å². The van der Waals surface area contributed by atoms with Crippen LogP contribution >= 0.6 is 11.6 Å². The fraction of sp³-hybridized carbons (Fsp3) is 0.467. The smallest absolute Gasteiger partial charge is 0.292 e. The van der Waals surface area contributed by atoms with Crippen molar-refractivity contribution in [3.8, 4) is 5.75 Å². The Bertz CT molecular complexity index is 581. The number of hydrogen-bond donors (Lipinski definition) is 1. The van der Waals surface area contributed by atoms with Crippen LogP contribution in [-0.4, -0.2) is 30.5 Å². The Kier molecular flexibility index (Phi) is 4.25. The van der Waals surface area contributed by atoms with Gasteiger partial charge in [0.15, 0.2) is 6.04 Å². The first-order valence-electron chi connectivity index (χ1n) is 6.79. The summed E-state index contributed by atoms with van der Waals surface area (Å²) in [5, 5.41) is 2.37. The van der Waals surface area contributed by atoms with Gasteiger partial charge in [-0.3, -0.25) is 9.59 Å². The highest BCUT2D eigenvalue weighted by Crippen LogP contribution is 2.34. The lowest BCUT2D eigenvalue weighted by atomic mass is 10.1. The van der Waals surface area contributed by atoms with Crippen molar-refractivity contribution in [3.05, 3.63) is 23.2 Å². The molecule has 0 bridgehead atoms. The summed E-state index contributed by atoms with van der Waals surface area (Å²) in [6, 6.07) is 4.49. The quantitative estimate of drug-likeness (QED) is 0.857. The van der Waals surface area contributed by atoms with E-state index in [0.717, 1.165) is 0 Å². The van der Waals surface area contributed by atoms with Gasteiger partial charge >= 0.3 is 0 Å². The Hall–Kier alpha value is -1.59. The van der Waals surface area contributed by atoms with Gasteiger partial charge in [0.05, 0.1) is 24.8 Å². The van der Waals surface area contributed by atoms with Crippen LogP contribution in [0.2, 0.25) is 5.02 Å². The Balaban J connectivity index is 2.35. The predicted octanol–water partition coefficient (Wildman–Crippen LogP) is 1.34. The number of halogens is 1. The number of carbonyl (C=O) groups excluding carboxylic acids is 2. The average Bonchev–Trinajstić information content (AvgIpc) is 2.62. The molecule has 1 fully saturated rings. The van der Waals surface area contributed by atoms with E-state index in [4.69, 9.17) is 16.3 Å². The van der Waals surface area contributed by atoms with Crippen molar-refractivity contribution < 1.29 is 19.6 Å². The Morgan fingerprint density at radius 3 is 2.57 bits per heavy atom. The Morgan fingerprint density at radius 2 is 2.00 bits per heavy atom. The van der Waals surface area contributed by atoms with Gasteiger partial charge in [-0.05, 0) is 39.0 Å². The number of carbonyl (C=O) groups is 2. The summed E-state index contributed by atoms with van der Waals surface area (Å²) >= 11 is 5.98. The van der Waals surface area contributed by atoms with E-state index < -0.39 is 6.04 Å². The van der Waals surface area contributed by atoms with E-state index in [1.54, 1.807) is 18.2 Å². The lowest BCUT2D eigenvalue weighted by molar-refractivity contribution is -0.734. The summed E-state index contributed by atoms with van der Waals surface area (Å²) in [6.45, 7) is 6.02. The van der Waals surface area contributed by atoms with Crippen LogP contribution in [0.15, 0.2) is 18.2 Å². The van der Waals surface area contributed by atoms with E-state index in [2.05, 4.69) is 0 Å². The average molecular weight is 312 g/mol. The number of hydrogen-bond acceptors (Lipinski definition) is 3. The van der Waals surface area contributed by atoms with Gasteiger partial charge in [0.25, 0.3) is 5.91 Å². The van der Waals surface area contributed by atoms with Crippen LogP contribution in [0.4, 0.5) is 5.69 Å². The predicted molar refractivity (Wildman–Crippen MR) is 80.6 cm³/mol. The van der Waals surface area contributed by atoms with Crippen molar-refractivity contribution in [2.24, 2.45) is 0 Å². The topological polar surface area (TPSA) is 63.2 Å². The fourth-order valence-corrected chi connectivity index (χ4v) is 2.65. The number of imide groups is 1. The minimum absolute atomic E-state index is 0.130. The minimum atomic E-state index is -0.402. The van der Waals surface area contributed by atoms with Gasteiger partial charge < -0.3 is 10.1 Å². The molecule has 0 aliphatic carbocycles. The van der Waals surface area contributed by atoms with Crippen molar-refractivity contribution in [1.29, 1.82) is 0 Å². The van der Waals surface area contributed by atoms with Crippen LogP contribution in [0.3, 0.4) is 0 Å². The number of benzene rings is 1. The standard InChI is InChI=1S/C15H19ClN2O3/c1-15(2,3)17-10-8-13(19)18(14(10)20)11-7-9(16)5-6-12(11)21-4/h5-7,10,17H,8H2,1-4H3/p+1/t10-/m1/s1. The van der Waals surface area contributed by atoms with Gasteiger partial charge in [0, 0.05) is 5.02 Å². The van der Waals surface area contributed by atoms with Crippen LogP contribution in [-0.2, 0) is 9.59 Å². The van der Waals surface area contributed by atoms with Crippen LogP contribution in [0.25, 0.3) is 0 Å². The lowest BCUT2D eigenvalue weighted by Gasteiger charge is -2.21. The molecule has 1 aromatic rings. The molecule has 0 radical (unpaired) electrons. The van der Waals surface area contributed by atoms with Gasteiger partial charge in [-0.25, -0.2) is 4.90 Å². The zero-order chi connectivity index (χ0) is 15.8. The number of rotatable bonds is 3. The molecule has 1 heterocycles. The number of anilines is 1. The Morgan fingerprint density at radius 1 is 1.33 bits per heavy atom. The van der Waals surface area contributed by atoms with E-state index in [0.29, 0.717) is 16.5 Å². The molecule has 2 rings (SSSR count). The molecule has 0 aromatic heterocycles. The van der Waals surface area contributed by atoms with Crippen molar-refractivity contribution in [2.75, 3.05) is 12.0 Å². The second-order valence-electron chi connectivity index (χ2n) is 6.23. The largest absolute Gasteiger partial charge is 0.495 e. The summed E-state index contributed by atoms with van der Waals surface area (Å²) in [5.41, 5.74) is 0.277. The van der Waals surface area contributed by atoms with Crippen LogP contribution < -0.4 is 15.0 Å². The Labute approximate surface area is 129 Å². The third-order valence-electron chi connectivity index (χ3n) is 3.26. The second kappa shape index (κ2) is 5.66. The highest BCUT2D eigenvalue weighted by atomic mass is 35.5. The molecule has 0 saturated carbocycles. The zero-order valence-electron chi connectivity index (χ0n) is 12.6. The first kappa shape index (κ1) is 15.8. The summed E-state index contributed by atoms with van der Waals surface area (Å²) in [7, 11) is 1.50. The van der Waals surface area contributed by atoms with E-state index in [9.17, 15) is 9.59 Å². The number of methoxy groups -OCH3 is 1.